The summed E-state index contributed by atoms with van der Waals surface area (Å²) in [5.41, 5.74) is 10.7. The van der Waals surface area contributed by atoms with Gasteiger partial charge in [-0.3, -0.25) is 14.5 Å². The summed E-state index contributed by atoms with van der Waals surface area (Å²) in [6.07, 6.45) is 5.14. The van der Waals surface area contributed by atoms with E-state index in [1.807, 2.05) is 35.8 Å². The highest BCUT2D eigenvalue weighted by atomic mass is 19.1. The molecule has 2 heterocycles. The van der Waals surface area contributed by atoms with E-state index in [0.717, 1.165) is 22.3 Å². The third-order valence-corrected chi connectivity index (χ3v) is 4.10. The summed E-state index contributed by atoms with van der Waals surface area (Å²) in [4.78, 5) is 13.2. The van der Waals surface area contributed by atoms with E-state index in [0.29, 0.717) is 17.2 Å². The standard InChI is InChI=1S/C20H16FN5/c1-2-24-17-8-3-13(11-16(17)22)20-25-18-9-10-23-12-19(18)26(20)15-6-4-14(21)5-7-15/h2-12H,22H2,1H3/b24-2-. The van der Waals surface area contributed by atoms with Crippen LogP contribution in [-0.2, 0) is 0 Å². The molecule has 26 heavy (non-hydrogen) atoms. The number of fused-ring (bicyclic) bond motifs is 1. The van der Waals surface area contributed by atoms with Gasteiger partial charge >= 0.3 is 0 Å². The third kappa shape index (κ3) is 2.71. The van der Waals surface area contributed by atoms with Crippen LogP contribution in [0, 0.1) is 5.82 Å². The molecule has 0 bridgehead atoms. The first-order chi connectivity index (χ1) is 12.7. The number of nitrogens with zero attached hydrogens (tertiary/aromatic N) is 4. The van der Waals surface area contributed by atoms with Crippen LogP contribution in [-0.4, -0.2) is 20.7 Å². The van der Waals surface area contributed by atoms with Crippen LogP contribution in [0.25, 0.3) is 28.1 Å². The smallest absolute Gasteiger partial charge is 0.145 e. The van der Waals surface area contributed by atoms with E-state index in [1.54, 1.807) is 30.7 Å². The number of anilines is 1. The first-order valence-corrected chi connectivity index (χ1v) is 8.14. The Morgan fingerprint density at radius 3 is 2.65 bits per heavy atom. The molecule has 0 fully saturated rings. The maximum absolute atomic E-state index is 13.4. The normalized spacial score (nSPS) is 11.5. The second kappa shape index (κ2) is 6.40. The zero-order chi connectivity index (χ0) is 18.1. The molecule has 4 aromatic rings. The number of aromatic nitrogens is 3. The molecule has 0 atom stereocenters. The third-order valence-electron chi connectivity index (χ3n) is 4.10. The van der Waals surface area contributed by atoms with E-state index in [1.165, 1.54) is 12.1 Å². The van der Waals surface area contributed by atoms with Crippen molar-refractivity contribution in [1.29, 1.82) is 0 Å². The lowest BCUT2D eigenvalue weighted by Crippen LogP contribution is -1.98. The second-order valence-electron chi connectivity index (χ2n) is 5.77. The van der Waals surface area contributed by atoms with E-state index in [4.69, 9.17) is 10.7 Å². The van der Waals surface area contributed by atoms with E-state index in [-0.39, 0.29) is 5.82 Å². The molecule has 0 radical (unpaired) electrons. The van der Waals surface area contributed by atoms with Gasteiger partial charge in [0, 0.05) is 23.7 Å². The number of aliphatic imine (C=N–C) groups is 1. The molecule has 0 saturated heterocycles. The fourth-order valence-corrected chi connectivity index (χ4v) is 2.92. The van der Waals surface area contributed by atoms with Crippen LogP contribution >= 0.6 is 0 Å². The molecule has 0 spiro atoms. The number of hydrogen-bond acceptors (Lipinski definition) is 4. The number of pyridine rings is 1. The monoisotopic (exact) mass is 345 g/mol. The van der Waals surface area contributed by atoms with Gasteiger partial charge in [0.1, 0.15) is 11.6 Å². The first-order valence-electron chi connectivity index (χ1n) is 8.14. The molecule has 128 valence electrons. The summed E-state index contributed by atoms with van der Waals surface area (Å²) < 4.78 is 15.3. The molecule has 4 rings (SSSR count). The Morgan fingerprint density at radius 2 is 1.92 bits per heavy atom. The van der Waals surface area contributed by atoms with Crippen molar-refractivity contribution < 1.29 is 4.39 Å². The van der Waals surface area contributed by atoms with Crippen molar-refractivity contribution in [1.82, 2.24) is 14.5 Å². The molecule has 2 aromatic carbocycles. The van der Waals surface area contributed by atoms with Gasteiger partial charge in [0.05, 0.1) is 28.6 Å². The number of nitrogen functional groups attached to an aromatic ring is 1. The first kappa shape index (κ1) is 16.0. The number of nitrogens with two attached hydrogens (primary N) is 1. The van der Waals surface area contributed by atoms with Crippen LogP contribution in [0.1, 0.15) is 6.92 Å². The molecular formula is C20H16FN5. The van der Waals surface area contributed by atoms with Gasteiger partial charge in [-0.15, -0.1) is 0 Å². The summed E-state index contributed by atoms with van der Waals surface area (Å²) in [6, 6.07) is 13.8. The van der Waals surface area contributed by atoms with Crippen molar-refractivity contribution in [3.8, 4) is 17.1 Å². The van der Waals surface area contributed by atoms with E-state index in [9.17, 15) is 4.39 Å². The van der Waals surface area contributed by atoms with Gasteiger partial charge in [-0.25, -0.2) is 9.37 Å². The Kier molecular flexibility index (Phi) is 3.93. The van der Waals surface area contributed by atoms with Crippen molar-refractivity contribution in [3.05, 3.63) is 66.7 Å². The van der Waals surface area contributed by atoms with Gasteiger partial charge in [0.2, 0.25) is 0 Å². The van der Waals surface area contributed by atoms with Crippen molar-refractivity contribution in [2.45, 2.75) is 6.92 Å². The summed E-state index contributed by atoms with van der Waals surface area (Å²) in [5, 5.41) is 0. The zero-order valence-corrected chi connectivity index (χ0v) is 14.1. The van der Waals surface area contributed by atoms with Gasteiger partial charge in [0.15, 0.2) is 0 Å². The molecule has 0 aliphatic carbocycles. The second-order valence-corrected chi connectivity index (χ2v) is 5.77. The SMILES string of the molecule is C/C=N\c1ccc(-c2nc3ccncc3n2-c2ccc(F)cc2)cc1N. The molecule has 0 aliphatic heterocycles. The molecule has 0 unspecified atom stereocenters. The quantitative estimate of drug-likeness (QED) is 0.438. The lowest BCUT2D eigenvalue weighted by atomic mass is 10.1. The molecule has 5 nitrogen and oxygen atoms in total. The molecule has 2 N–H and O–H groups in total. The van der Waals surface area contributed by atoms with Crippen LogP contribution in [0.5, 0.6) is 0 Å². The minimum Gasteiger partial charge on any atom is -0.397 e. The van der Waals surface area contributed by atoms with Crippen molar-refractivity contribution in [2.75, 3.05) is 5.73 Å². The fourth-order valence-electron chi connectivity index (χ4n) is 2.92. The lowest BCUT2D eigenvalue weighted by molar-refractivity contribution is 0.627. The van der Waals surface area contributed by atoms with Crippen molar-refractivity contribution in [2.24, 2.45) is 4.99 Å². The average Bonchev–Trinajstić information content (AvgIpc) is 3.04. The van der Waals surface area contributed by atoms with Crippen molar-refractivity contribution in [3.63, 3.8) is 0 Å². The number of halogens is 1. The topological polar surface area (TPSA) is 69.1 Å². The Bertz CT molecular complexity index is 1110. The number of hydrogen-bond donors (Lipinski definition) is 1. The molecule has 0 saturated carbocycles. The van der Waals surface area contributed by atoms with Crippen LogP contribution in [0.3, 0.4) is 0 Å². The van der Waals surface area contributed by atoms with E-state index < -0.39 is 0 Å². The number of benzene rings is 2. The predicted molar refractivity (Wildman–Crippen MR) is 102 cm³/mol. The Hall–Kier alpha value is -3.54. The van der Waals surface area contributed by atoms with E-state index >= 15 is 0 Å². The highest BCUT2D eigenvalue weighted by Gasteiger charge is 2.15. The van der Waals surface area contributed by atoms with Gasteiger partial charge in [0.25, 0.3) is 0 Å². The predicted octanol–water partition coefficient (Wildman–Crippen LogP) is 4.53. The Morgan fingerprint density at radius 1 is 1.12 bits per heavy atom. The van der Waals surface area contributed by atoms with Gasteiger partial charge < -0.3 is 5.73 Å². The van der Waals surface area contributed by atoms with Crippen LogP contribution in [0.2, 0.25) is 0 Å². The maximum Gasteiger partial charge on any atom is 0.145 e. The molecular weight excluding hydrogens is 329 g/mol. The summed E-state index contributed by atoms with van der Waals surface area (Å²) in [7, 11) is 0. The average molecular weight is 345 g/mol. The van der Waals surface area contributed by atoms with Gasteiger partial charge in [-0.1, -0.05) is 0 Å². The summed E-state index contributed by atoms with van der Waals surface area (Å²) in [6.45, 7) is 1.84. The van der Waals surface area contributed by atoms with Gasteiger partial charge in [-0.05, 0) is 55.5 Å². The largest absolute Gasteiger partial charge is 0.397 e. The lowest BCUT2D eigenvalue weighted by Gasteiger charge is -2.10. The van der Waals surface area contributed by atoms with Crippen LogP contribution < -0.4 is 5.73 Å². The minimum atomic E-state index is -0.288. The highest BCUT2D eigenvalue weighted by molar-refractivity contribution is 5.84. The Labute approximate surface area is 149 Å². The van der Waals surface area contributed by atoms with Crippen LogP contribution in [0.15, 0.2) is 65.9 Å². The maximum atomic E-state index is 13.4. The summed E-state index contributed by atoms with van der Waals surface area (Å²) in [5.74, 6) is 0.419. The molecule has 2 aromatic heterocycles. The molecule has 0 amide bonds. The van der Waals surface area contributed by atoms with Gasteiger partial charge in [-0.2, -0.15) is 0 Å². The number of rotatable bonds is 3. The van der Waals surface area contributed by atoms with E-state index in [2.05, 4.69) is 9.98 Å². The molecule has 6 heteroatoms. The Balaban J connectivity index is 1.96. The molecule has 0 aliphatic rings. The highest BCUT2D eigenvalue weighted by Crippen LogP contribution is 2.32. The zero-order valence-electron chi connectivity index (χ0n) is 14.1. The summed E-state index contributed by atoms with van der Waals surface area (Å²) >= 11 is 0. The minimum absolute atomic E-state index is 0.288. The van der Waals surface area contributed by atoms with Crippen LogP contribution in [0.4, 0.5) is 15.8 Å². The van der Waals surface area contributed by atoms with Crippen molar-refractivity contribution >= 4 is 28.6 Å². The number of imidazole rings is 1. The fraction of sp³-hybridized carbons (Fsp3) is 0.0500.